The molecule has 0 spiro atoms. The number of carbonyl (C=O) groups is 1. The van der Waals surface area contributed by atoms with Crippen LogP contribution in [0.15, 0.2) is 48.5 Å². The number of tetrazole rings is 1. The predicted molar refractivity (Wildman–Crippen MR) is 95.8 cm³/mol. The summed E-state index contributed by atoms with van der Waals surface area (Å²) >= 11 is 0. The number of rotatable bonds is 6. The van der Waals surface area contributed by atoms with Gasteiger partial charge in [0.25, 0.3) is 0 Å². The number of halogens is 3. The molecule has 1 saturated carbocycles. The Bertz CT molecular complexity index is 980. The van der Waals surface area contributed by atoms with Gasteiger partial charge in [-0.1, -0.05) is 12.1 Å². The van der Waals surface area contributed by atoms with Crippen LogP contribution in [0.2, 0.25) is 0 Å². The molecule has 28 heavy (non-hydrogen) atoms. The highest BCUT2D eigenvalue weighted by Gasteiger charge is 2.34. The number of hydrogen-bond donors (Lipinski definition) is 1. The molecule has 0 saturated heterocycles. The van der Waals surface area contributed by atoms with E-state index in [1.807, 2.05) is 0 Å². The van der Waals surface area contributed by atoms with Crippen LogP contribution < -0.4 is 5.32 Å². The van der Waals surface area contributed by atoms with E-state index in [9.17, 15) is 18.0 Å². The van der Waals surface area contributed by atoms with Crippen LogP contribution in [-0.2, 0) is 11.0 Å². The number of anilines is 2. The first-order valence-corrected chi connectivity index (χ1v) is 8.74. The molecule has 144 valence electrons. The molecule has 0 aliphatic heterocycles. The maximum absolute atomic E-state index is 12.7. The SMILES string of the molecule is O=C[C@H](C1CC1)n1nnc(-c2ccccc2Nc2ccc(C(F)(F)F)cc2)n1. The molecule has 6 nitrogen and oxygen atoms in total. The Balaban J connectivity index is 1.59. The van der Waals surface area contributed by atoms with E-state index in [0.29, 0.717) is 22.8 Å². The number of nitrogens with one attached hydrogen (secondary N) is 1. The molecule has 3 aromatic rings. The minimum Gasteiger partial charge on any atom is -0.355 e. The van der Waals surface area contributed by atoms with E-state index in [4.69, 9.17) is 0 Å². The number of benzene rings is 2. The number of nitrogens with zero attached hydrogens (tertiary/aromatic N) is 4. The van der Waals surface area contributed by atoms with Crippen molar-refractivity contribution in [3.05, 3.63) is 54.1 Å². The van der Waals surface area contributed by atoms with Gasteiger partial charge in [0.15, 0.2) is 0 Å². The molecule has 0 unspecified atom stereocenters. The van der Waals surface area contributed by atoms with Crippen LogP contribution >= 0.6 is 0 Å². The molecule has 1 heterocycles. The molecule has 0 bridgehead atoms. The molecular weight excluding hydrogens is 371 g/mol. The number of aromatic nitrogens is 4. The third-order valence-electron chi connectivity index (χ3n) is 4.60. The van der Waals surface area contributed by atoms with Crippen molar-refractivity contribution in [1.82, 2.24) is 20.2 Å². The van der Waals surface area contributed by atoms with Crippen molar-refractivity contribution in [1.29, 1.82) is 0 Å². The van der Waals surface area contributed by atoms with Gasteiger partial charge in [-0.05, 0) is 60.4 Å². The third kappa shape index (κ3) is 3.73. The van der Waals surface area contributed by atoms with E-state index in [2.05, 4.69) is 20.7 Å². The van der Waals surface area contributed by atoms with E-state index in [0.717, 1.165) is 31.3 Å². The monoisotopic (exact) mass is 387 g/mol. The normalized spacial score (nSPS) is 15.2. The lowest BCUT2D eigenvalue weighted by Gasteiger charge is -2.11. The highest BCUT2D eigenvalue weighted by molar-refractivity contribution is 5.77. The van der Waals surface area contributed by atoms with Crippen molar-refractivity contribution in [3.8, 4) is 11.4 Å². The first-order chi connectivity index (χ1) is 13.5. The van der Waals surface area contributed by atoms with Gasteiger partial charge < -0.3 is 10.1 Å². The molecule has 0 radical (unpaired) electrons. The van der Waals surface area contributed by atoms with Crippen LogP contribution in [0.3, 0.4) is 0 Å². The van der Waals surface area contributed by atoms with Crippen molar-refractivity contribution in [2.45, 2.75) is 25.1 Å². The highest BCUT2D eigenvalue weighted by Crippen LogP contribution is 2.38. The van der Waals surface area contributed by atoms with Crippen LogP contribution in [-0.4, -0.2) is 26.5 Å². The van der Waals surface area contributed by atoms with Gasteiger partial charge in [0.05, 0.1) is 5.56 Å². The van der Waals surface area contributed by atoms with Crippen molar-refractivity contribution in [3.63, 3.8) is 0 Å². The van der Waals surface area contributed by atoms with Crippen molar-refractivity contribution in [2.75, 3.05) is 5.32 Å². The molecular formula is C19H16F3N5O. The lowest BCUT2D eigenvalue weighted by molar-refractivity contribution is -0.137. The summed E-state index contributed by atoms with van der Waals surface area (Å²) in [6, 6.07) is 11.5. The van der Waals surface area contributed by atoms with Crippen molar-refractivity contribution in [2.24, 2.45) is 5.92 Å². The Kier molecular flexibility index (Phi) is 4.58. The fourth-order valence-electron chi connectivity index (χ4n) is 2.94. The van der Waals surface area contributed by atoms with Gasteiger partial charge in [0.2, 0.25) is 5.82 Å². The summed E-state index contributed by atoms with van der Waals surface area (Å²) in [6.45, 7) is 0. The van der Waals surface area contributed by atoms with Crippen LogP contribution in [0, 0.1) is 5.92 Å². The summed E-state index contributed by atoms with van der Waals surface area (Å²) in [7, 11) is 0. The number of hydrogen-bond acceptors (Lipinski definition) is 5. The Morgan fingerprint density at radius 3 is 2.46 bits per heavy atom. The van der Waals surface area contributed by atoms with E-state index in [1.54, 1.807) is 24.3 Å². The molecule has 9 heteroatoms. The van der Waals surface area contributed by atoms with Gasteiger partial charge in [0, 0.05) is 16.9 Å². The zero-order valence-corrected chi connectivity index (χ0v) is 14.6. The molecule has 2 aromatic carbocycles. The van der Waals surface area contributed by atoms with Crippen molar-refractivity contribution >= 4 is 17.7 Å². The van der Waals surface area contributed by atoms with Crippen LogP contribution in [0.25, 0.3) is 11.4 Å². The van der Waals surface area contributed by atoms with Crippen molar-refractivity contribution < 1.29 is 18.0 Å². The van der Waals surface area contributed by atoms with E-state index >= 15 is 0 Å². The standard InChI is InChI=1S/C19H16F3N5O/c20-19(21,22)13-7-9-14(10-8-13)23-16-4-2-1-3-15(16)18-24-26-27(25-18)17(11-28)12-5-6-12/h1-4,7-12,17,23H,5-6H2/t17-/m1/s1. The lowest BCUT2D eigenvalue weighted by Crippen LogP contribution is -2.15. The molecule has 1 atom stereocenters. The van der Waals surface area contributed by atoms with Crippen LogP contribution in [0.1, 0.15) is 24.4 Å². The summed E-state index contributed by atoms with van der Waals surface area (Å²) in [5, 5.41) is 15.5. The molecule has 1 N–H and O–H groups in total. The molecule has 1 aromatic heterocycles. The second-order valence-electron chi connectivity index (χ2n) is 6.64. The zero-order valence-electron chi connectivity index (χ0n) is 14.6. The van der Waals surface area contributed by atoms with Gasteiger partial charge >= 0.3 is 6.18 Å². The molecule has 1 fully saturated rings. The average molecular weight is 387 g/mol. The maximum Gasteiger partial charge on any atom is 0.416 e. The first kappa shape index (κ1) is 18.1. The largest absolute Gasteiger partial charge is 0.416 e. The Morgan fingerprint density at radius 1 is 1.11 bits per heavy atom. The molecule has 1 aliphatic carbocycles. The fourth-order valence-corrected chi connectivity index (χ4v) is 2.94. The zero-order chi connectivity index (χ0) is 19.7. The summed E-state index contributed by atoms with van der Waals surface area (Å²) < 4.78 is 38.2. The molecule has 1 aliphatic rings. The fraction of sp³-hybridized carbons (Fsp3) is 0.263. The summed E-state index contributed by atoms with van der Waals surface area (Å²) in [5.74, 6) is 0.586. The number of aldehydes is 1. The summed E-state index contributed by atoms with van der Waals surface area (Å²) in [4.78, 5) is 12.6. The summed E-state index contributed by atoms with van der Waals surface area (Å²) in [6.07, 6.45) is -1.62. The van der Waals surface area contributed by atoms with Crippen LogP contribution in [0.5, 0.6) is 0 Å². The first-order valence-electron chi connectivity index (χ1n) is 8.74. The second-order valence-corrected chi connectivity index (χ2v) is 6.64. The van der Waals surface area contributed by atoms with E-state index < -0.39 is 17.8 Å². The number of para-hydroxylation sites is 1. The average Bonchev–Trinajstić information content (AvgIpc) is 3.39. The van der Waals surface area contributed by atoms with Gasteiger partial charge in [-0.25, -0.2) is 0 Å². The topological polar surface area (TPSA) is 72.7 Å². The second kappa shape index (κ2) is 7.06. The minimum absolute atomic E-state index is 0.250. The minimum atomic E-state index is -4.38. The van der Waals surface area contributed by atoms with Gasteiger partial charge in [-0.3, -0.25) is 0 Å². The smallest absolute Gasteiger partial charge is 0.355 e. The Morgan fingerprint density at radius 2 is 1.82 bits per heavy atom. The van der Waals surface area contributed by atoms with Crippen LogP contribution in [0.4, 0.5) is 24.5 Å². The maximum atomic E-state index is 12.7. The number of carbonyl (C=O) groups excluding carboxylic acids is 1. The van der Waals surface area contributed by atoms with E-state index in [-0.39, 0.29) is 5.92 Å². The molecule has 4 rings (SSSR count). The highest BCUT2D eigenvalue weighted by atomic mass is 19.4. The third-order valence-corrected chi connectivity index (χ3v) is 4.60. The summed E-state index contributed by atoms with van der Waals surface area (Å²) in [5.41, 5.74) is 1.04. The quantitative estimate of drug-likeness (QED) is 0.640. The predicted octanol–water partition coefficient (Wildman–Crippen LogP) is 4.25. The number of alkyl halides is 3. The van der Waals surface area contributed by atoms with Gasteiger partial charge in [-0.15, -0.1) is 10.2 Å². The lowest BCUT2D eigenvalue weighted by atomic mass is 10.1. The van der Waals surface area contributed by atoms with Gasteiger partial charge in [-0.2, -0.15) is 18.0 Å². The van der Waals surface area contributed by atoms with Gasteiger partial charge in [0.1, 0.15) is 12.3 Å². The molecule has 0 amide bonds. The van der Waals surface area contributed by atoms with E-state index in [1.165, 1.54) is 16.9 Å². The Hall–Kier alpha value is -3.23. The Labute approximate surface area is 158 Å².